The third-order valence-corrected chi connectivity index (χ3v) is 5.18. The van der Waals surface area contributed by atoms with Crippen molar-refractivity contribution in [2.24, 2.45) is 0 Å². The number of para-hydroxylation sites is 1. The van der Waals surface area contributed by atoms with Crippen LogP contribution in [0.4, 0.5) is 30.4 Å². The van der Waals surface area contributed by atoms with Crippen LogP contribution in [0.5, 0.6) is 0 Å². The summed E-state index contributed by atoms with van der Waals surface area (Å²) in [4.78, 5) is 31.5. The minimum Gasteiger partial charge on any atom is -0.307 e. The maximum absolute atomic E-state index is 13.7. The minimum absolute atomic E-state index is 0.150. The largest absolute Gasteiger partial charge is 0.417 e. The number of nitrogens with one attached hydrogen (secondary N) is 1. The van der Waals surface area contributed by atoms with Crippen molar-refractivity contribution in [1.29, 1.82) is 5.26 Å². The highest BCUT2D eigenvalue weighted by atomic mass is 19.4. The molecule has 0 aliphatic carbocycles. The van der Waals surface area contributed by atoms with Gasteiger partial charge in [-0.25, -0.2) is 4.98 Å². The van der Waals surface area contributed by atoms with Gasteiger partial charge in [-0.05, 0) is 54.6 Å². The average molecular weight is 486 g/mol. The number of nitrogens with zero attached hydrogens (tertiary/aromatic N) is 3. The molecule has 9 heteroatoms. The highest BCUT2D eigenvalue weighted by molar-refractivity contribution is 6.12. The van der Waals surface area contributed by atoms with Crippen molar-refractivity contribution in [3.8, 4) is 6.07 Å². The Kier molecular flexibility index (Phi) is 6.79. The third kappa shape index (κ3) is 5.23. The van der Waals surface area contributed by atoms with Crippen molar-refractivity contribution in [3.63, 3.8) is 0 Å². The summed E-state index contributed by atoms with van der Waals surface area (Å²) in [7, 11) is 0. The van der Waals surface area contributed by atoms with Gasteiger partial charge in [0.05, 0.1) is 22.4 Å². The molecule has 0 atom stereocenters. The number of alkyl halides is 3. The smallest absolute Gasteiger partial charge is 0.307 e. The molecule has 6 nitrogen and oxygen atoms in total. The zero-order chi connectivity index (χ0) is 25.7. The highest BCUT2D eigenvalue weighted by Crippen LogP contribution is 2.35. The van der Waals surface area contributed by atoms with E-state index in [0.717, 1.165) is 17.0 Å². The molecule has 36 heavy (non-hydrogen) atoms. The lowest BCUT2D eigenvalue weighted by atomic mass is 10.0. The van der Waals surface area contributed by atoms with Gasteiger partial charge < -0.3 is 5.32 Å². The Labute approximate surface area is 204 Å². The van der Waals surface area contributed by atoms with E-state index in [-0.39, 0.29) is 17.1 Å². The molecule has 1 N–H and O–H groups in total. The Balaban J connectivity index is 1.73. The summed E-state index contributed by atoms with van der Waals surface area (Å²) in [5.41, 5.74) is -0.584. The lowest BCUT2D eigenvalue weighted by Gasteiger charge is -2.25. The zero-order valence-corrected chi connectivity index (χ0v) is 18.5. The number of aromatic nitrogens is 1. The van der Waals surface area contributed by atoms with Crippen molar-refractivity contribution in [2.75, 3.05) is 10.2 Å². The van der Waals surface area contributed by atoms with Gasteiger partial charge >= 0.3 is 6.18 Å². The molecule has 0 bridgehead atoms. The number of pyridine rings is 1. The van der Waals surface area contributed by atoms with Gasteiger partial charge in [-0.1, -0.05) is 36.4 Å². The molecule has 0 saturated carbocycles. The van der Waals surface area contributed by atoms with Crippen LogP contribution < -0.4 is 10.2 Å². The fourth-order valence-corrected chi connectivity index (χ4v) is 3.51. The average Bonchev–Trinajstić information content (AvgIpc) is 2.89. The number of benzene rings is 3. The zero-order valence-electron chi connectivity index (χ0n) is 18.5. The molecule has 0 aliphatic rings. The first-order valence-electron chi connectivity index (χ1n) is 10.6. The summed E-state index contributed by atoms with van der Waals surface area (Å²) in [6, 6.07) is 23.6. The molecular formula is C27H17F3N4O2. The van der Waals surface area contributed by atoms with Crippen LogP contribution in [0.25, 0.3) is 0 Å². The van der Waals surface area contributed by atoms with Gasteiger partial charge in [-0.15, -0.1) is 0 Å². The Morgan fingerprint density at radius 3 is 2.22 bits per heavy atom. The summed E-state index contributed by atoms with van der Waals surface area (Å²) in [6.45, 7) is 0. The van der Waals surface area contributed by atoms with E-state index in [9.17, 15) is 22.8 Å². The van der Waals surface area contributed by atoms with Gasteiger partial charge in [-0.2, -0.15) is 18.4 Å². The number of anilines is 3. The molecule has 1 heterocycles. The molecule has 4 aromatic rings. The summed E-state index contributed by atoms with van der Waals surface area (Å²) in [5.74, 6) is -1.25. The Morgan fingerprint density at radius 2 is 1.56 bits per heavy atom. The van der Waals surface area contributed by atoms with Crippen molar-refractivity contribution in [1.82, 2.24) is 4.98 Å². The van der Waals surface area contributed by atoms with Crippen molar-refractivity contribution in [3.05, 3.63) is 119 Å². The fraction of sp³-hybridized carbons (Fsp3) is 0.0370. The second kappa shape index (κ2) is 10.1. The predicted octanol–water partition coefficient (Wildman–Crippen LogP) is 6.20. The number of hydrogen-bond donors (Lipinski definition) is 1. The number of carbonyl (C=O) groups is 2. The molecule has 0 aliphatic heterocycles. The standard InChI is InChI=1S/C27H17F3N4O2/c28-27(29,30)23-12-5-4-11-22(23)26(36)34(20-8-2-1-3-9-20)21-10-6-7-19(15-21)25(35)33-24-14-13-18(16-31)17-32-24/h1-15,17H,(H,32,33,35). The molecular weight excluding hydrogens is 469 g/mol. The molecule has 4 rings (SSSR count). The number of hydrogen-bond acceptors (Lipinski definition) is 4. The van der Waals surface area contributed by atoms with Crippen molar-refractivity contribution < 1.29 is 22.8 Å². The van der Waals surface area contributed by atoms with Gasteiger partial charge in [0, 0.05) is 17.4 Å². The van der Waals surface area contributed by atoms with Crippen LogP contribution in [-0.4, -0.2) is 16.8 Å². The maximum atomic E-state index is 13.7. The van der Waals surface area contributed by atoms with Crippen molar-refractivity contribution >= 4 is 29.0 Å². The molecule has 3 aromatic carbocycles. The summed E-state index contributed by atoms with van der Waals surface area (Å²) < 4.78 is 41.0. The lowest BCUT2D eigenvalue weighted by molar-refractivity contribution is -0.137. The lowest BCUT2D eigenvalue weighted by Crippen LogP contribution is -2.28. The van der Waals surface area contributed by atoms with E-state index in [1.165, 1.54) is 54.7 Å². The van der Waals surface area contributed by atoms with Crippen LogP contribution >= 0.6 is 0 Å². The quantitative estimate of drug-likeness (QED) is 0.364. The molecule has 0 spiro atoms. The number of rotatable bonds is 5. The third-order valence-electron chi connectivity index (χ3n) is 5.18. The van der Waals surface area contributed by atoms with Crippen molar-refractivity contribution in [2.45, 2.75) is 6.18 Å². The topological polar surface area (TPSA) is 86.1 Å². The van der Waals surface area contributed by atoms with E-state index in [2.05, 4.69) is 10.3 Å². The van der Waals surface area contributed by atoms with E-state index in [0.29, 0.717) is 11.3 Å². The molecule has 0 radical (unpaired) electrons. The second-order valence-electron chi connectivity index (χ2n) is 7.57. The first kappa shape index (κ1) is 24.2. The summed E-state index contributed by atoms with van der Waals surface area (Å²) in [5, 5.41) is 11.5. The van der Waals surface area contributed by atoms with Gasteiger partial charge in [0.2, 0.25) is 0 Å². The monoisotopic (exact) mass is 486 g/mol. The number of nitriles is 1. The van der Waals surface area contributed by atoms with Crippen LogP contribution in [0.15, 0.2) is 97.2 Å². The van der Waals surface area contributed by atoms with Gasteiger partial charge in [0.25, 0.3) is 11.8 Å². The van der Waals surface area contributed by atoms with E-state index < -0.39 is 29.1 Å². The first-order valence-corrected chi connectivity index (χ1v) is 10.6. The van der Waals surface area contributed by atoms with E-state index in [1.807, 2.05) is 6.07 Å². The molecule has 0 unspecified atom stereocenters. The van der Waals surface area contributed by atoms with Crippen LogP contribution in [0.1, 0.15) is 31.8 Å². The second-order valence-corrected chi connectivity index (χ2v) is 7.57. The van der Waals surface area contributed by atoms with Crippen LogP contribution in [-0.2, 0) is 6.18 Å². The molecule has 0 saturated heterocycles. The van der Waals surface area contributed by atoms with E-state index in [1.54, 1.807) is 30.3 Å². The van der Waals surface area contributed by atoms with E-state index >= 15 is 0 Å². The van der Waals surface area contributed by atoms with Crippen LogP contribution in [0, 0.1) is 11.3 Å². The number of carbonyl (C=O) groups excluding carboxylic acids is 2. The fourth-order valence-electron chi connectivity index (χ4n) is 3.51. The highest BCUT2D eigenvalue weighted by Gasteiger charge is 2.36. The van der Waals surface area contributed by atoms with Gasteiger partial charge in [-0.3, -0.25) is 14.5 Å². The van der Waals surface area contributed by atoms with Crippen LogP contribution in [0.2, 0.25) is 0 Å². The number of halogens is 3. The minimum atomic E-state index is -4.73. The molecule has 178 valence electrons. The SMILES string of the molecule is N#Cc1ccc(NC(=O)c2cccc(N(C(=O)c3ccccc3C(F)(F)F)c3ccccc3)c2)nc1. The van der Waals surface area contributed by atoms with Gasteiger partial charge in [0.15, 0.2) is 0 Å². The summed E-state index contributed by atoms with van der Waals surface area (Å²) >= 11 is 0. The molecule has 2 amide bonds. The Bertz CT molecular complexity index is 1450. The molecule has 0 fully saturated rings. The molecule has 1 aromatic heterocycles. The predicted molar refractivity (Wildman–Crippen MR) is 128 cm³/mol. The maximum Gasteiger partial charge on any atom is 0.417 e. The van der Waals surface area contributed by atoms with Crippen LogP contribution in [0.3, 0.4) is 0 Å². The first-order chi connectivity index (χ1) is 17.3. The normalized spacial score (nSPS) is 10.8. The summed E-state index contributed by atoms with van der Waals surface area (Å²) in [6.07, 6.45) is -3.43. The Morgan fingerprint density at radius 1 is 0.861 bits per heavy atom. The Hall–Kier alpha value is -4.97. The van der Waals surface area contributed by atoms with Gasteiger partial charge in [0.1, 0.15) is 11.9 Å². The number of amides is 2. The van der Waals surface area contributed by atoms with E-state index in [4.69, 9.17) is 5.26 Å².